The molecule has 0 saturated carbocycles. The molecule has 1 aliphatic rings. The summed E-state index contributed by atoms with van der Waals surface area (Å²) in [7, 11) is 1.84. The molecule has 2 N–H and O–H groups in total. The summed E-state index contributed by atoms with van der Waals surface area (Å²) in [4.78, 5) is 21.0. The summed E-state index contributed by atoms with van der Waals surface area (Å²) in [6.45, 7) is 1.51. The van der Waals surface area contributed by atoms with Gasteiger partial charge in [-0.05, 0) is 54.8 Å². The number of ether oxygens (including phenoxy) is 1. The highest BCUT2D eigenvalue weighted by molar-refractivity contribution is 5.81. The minimum Gasteiger partial charge on any atom is -0.493 e. The molecule has 0 radical (unpaired) electrons. The Kier molecular flexibility index (Phi) is 5.91. The van der Waals surface area contributed by atoms with Gasteiger partial charge in [-0.25, -0.2) is 0 Å². The van der Waals surface area contributed by atoms with Crippen LogP contribution in [0, 0.1) is 0 Å². The predicted octanol–water partition coefficient (Wildman–Crippen LogP) is 3.76. The summed E-state index contributed by atoms with van der Waals surface area (Å²) >= 11 is 0. The number of aryl methyl sites for hydroxylation is 2. The summed E-state index contributed by atoms with van der Waals surface area (Å²) in [5, 5.41) is 22.7. The summed E-state index contributed by atoms with van der Waals surface area (Å²) in [5.74, 6) is -0.176. The van der Waals surface area contributed by atoms with Gasteiger partial charge in [-0.1, -0.05) is 0 Å². The second kappa shape index (κ2) is 9.53. The lowest BCUT2D eigenvalue weighted by atomic mass is 10.0. The average Bonchev–Trinajstić information content (AvgIpc) is 3.50. The van der Waals surface area contributed by atoms with Gasteiger partial charge in [0.05, 0.1) is 53.9 Å². The molecule has 0 spiro atoms. The van der Waals surface area contributed by atoms with Crippen molar-refractivity contribution < 1.29 is 14.6 Å². The van der Waals surface area contributed by atoms with E-state index in [1.54, 1.807) is 28.0 Å². The Morgan fingerprint density at radius 1 is 1.14 bits per heavy atom. The first kappa shape index (κ1) is 23.0. The van der Waals surface area contributed by atoms with E-state index in [4.69, 9.17) is 9.72 Å². The lowest BCUT2D eigenvalue weighted by molar-refractivity contribution is -0.137. The molecular formula is C27H27N7O3. The van der Waals surface area contributed by atoms with E-state index in [9.17, 15) is 9.90 Å². The van der Waals surface area contributed by atoms with Crippen molar-refractivity contribution >= 4 is 33.6 Å². The van der Waals surface area contributed by atoms with Crippen molar-refractivity contribution in [2.75, 3.05) is 18.5 Å². The number of hydrogen-bond acceptors (Lipinski definition) is 7. The molecule has 4 aromatic heterocycles. The van der Waals surface area contributed by atoms with Crippen LogP contribution in [0.5, 0.6) is 5.75 Å². The van der Waals surface area contributed by atoms with Gasteiger partial charge < -0.3 is 15.2 Å². The molecule has 10 nitrogen and oxygen atoms in total. The Morgan fingerprint density at radius 3 is 2.95 bits per heavy atom. The predicted molar refractivity (Wildman–Crippen MR) is 139 cm³/mol. The Balaban J connectivity index is 1.21. The highest BCUT2D eigenvalue weighted by atomic mass is 16.5. The zero-order chi connectivity index (χ0) is 25.4. The van der Waals surface area contributed by atoms with Crippen LogP contribution in [0.1, 0.15) is 35.8 Å². The molecule has 10 heteroatoms. The first-order valence-electron chi connectivity index (χ1n) is 12.4. The summed E-state index contributed by atoms with van der Waals surface area (Å²) in [6.07, 6.45) is 7.84. The number of nitrogens with one attached hydrogen (secondary N) is 1. The van der Waals surface area contributed by atoms with Gasteiger partial charge in [-0.15, -0.1) is 0 Å². The summed E-state index contributed by atoms with van der Waals surface area (Å²) < 4.78 is 9.50. The Morgan fingerprint density at radius 2 is 2.05 bits per heavy atom. The molecule has 0 bridgehead atoms. The van der Waals surface area contributed by atoms with Crippen molar-refractivity contribution in [3.63, 3.8) is 0 Å². The number of hydrogen-bond donors (Lipinski definition) is 2. The molecule has 1 aliphatic heterocycles. The fourth-order valence-corrected chi connectivity index (χ4v) is 4.89. The van der Waals surface area contributed by atoms with E-state index in [2.05, 4.69) is 26.6 Å². The van der Waals surface area contributed by atoms with E-state index in [1.165, 1.54) is 0 Å². The van der Waals surface area contributed by atoms with Crippen LogP contribution in [0.25, 0.3) is 21.9 Å². The van der Waals surface area contributed by atoms with Crippen LogP contribution in [0.15, 0.2) is 55.0 Å². The molecule has 0 fully saturated rings. The SMILES string of the molecule is Cn1ncc2ncc(C(CC(=O)O)n3ncc4cc(OCCc5ccc6c(n5)CCCN6)ccc43)cc21. The normalized spacial score (nSPS) is 13.9. The van der Waals surface area contributed by atoms with E-state index in [0.717, 1.165) is 76.1 Å². The molecule has 0 saturated heterocycles. The van der Waals surface area contributed by atoms with Gasteiger partial charge in [0.15, 0.2) is 0 Å². The third-order valence-corrected chi connectivity index (χ3v) is 6.80. The molecule has 0 amide bonds. The molecule has 1 atom stereocenters. The molecule has 188 valence electrons. The van der Waals surface area contributed by atoms with Crippen LogP contribution in [0.4, 0.5) is 5.69 Å². The highest BCUT2D eigenvalue weighted by Crippen LogP contribution is 2.29. The second-order valence-electron chi connectivity index (χ2n) is 9.29. The van der Waals surface area contributed by atoms with Gasteiger partial charge in [0.25, 0.3) is 0 Å². The van der Waals surface area contributed by atoms with Crippen LogP contribution in [-0.2, 0) is 24.7 Å². The zero-order valence-electron chi connectivity index (χ0n) is 20.5. The summed E-state index contributed by atoms with van der Waals surface area (Å²) in [6, 6.07) is 11.3. The number of benzene rings is 1. The fourth-order valence-electron chi connectivity index (χ4n) is 4.89. The van der Waals surface area contributed by atoms with Crippen molar-refractivity contribution in [2.45, 2.75) is 31.7 Å². The topological polar surface area (TPSA) is 120 Å². The Bertz CT molecular complexity index is 1610. The molecule has 37 heavy (non-hydrogen) atoms. The number of aromatic nitrogens is 6. The van der Waals surface area contributed by atoms with Crippen LogP contribution in [0.2, 0.25) is 0 Å². The minimum atomic E-state index is -0.912. The van der Waals surface area contributed by atoms with Crippen molar-refractivity contribution in [2.24, 2.45) is 7.05 Å². The van der Waals surface area contributed by atoms with Gasteiger partial charge in [-0.3, -0.25) is 24.1 Å². The maximum atomic E-state index is 11.8. The van der Waals surface area contributed by atoms with Crippen LogP contribution >= 0.6 is 0 Å². The standard InChI is InChI=1S/C27H27N7O3/c1-33-26-12-18(14-29-23(26)16-30-33)25(13-27(35)36)34-24-7-5-20(11-17(24)15-31-34)37-10-8-19-4-6-21-22(32-19)3-2-9-28-21/h4-7,11-12,14-16,25,28H,2-3,8-10,13H2,1H3,(H,35,36). The monoisotopic (exact) mass is 497 g/mol. The first-order valence-corrected chi connectivity index (χ1v) is 12.4. The lowest BCUT2D eigenvalue weighted by Crippen LogP contribution is -2.16. The number of carboxylic acid groups (broad SMARTS) is 1. The van der Waals surface area contributed by atoms with Gasteiger partial charge in [-0.2, -0.15) is 10.2 Å². The van der Waals surface area contributed by atoms with E-state index in [0.29, 0.717) is 6.61 Å². The average molecular weight is 498 g/mol. The molecule has 5 aromatic rings. The number of carbonyl (C=O) groups is 1. The van der Waals surface area contributed by atoms with E-state index >= 15 is 0 Å². The van der Waals surface area contributed by atoms with Crippen molar-refractivity contribution in [1.29, 1.82) is 0 Å². The van der Waals surface area contributed by atoms with Gasteiger partial charge in [0.1, 0.15) is 11.3 Å². The van der Waals surface area contributed by atoms with Crippen molar-refractivity contribution in [1.82, 2.24) is 29.5 Å². The Hall–Kier alpha value is -4.47. The molecule has 0 aliphatic carbocycles. The second-order valence-corrected chi connectivity index (χ2v) is 9.29. The first-order chi connectivity index (χ1) is 18.0. The summed E-state index contributed by atoms with van der Waals surface area (Å²) in [5.41, 5.74) is 6.47. The van der Waals surface area contributed by atoms with Crippen molar-refractivity contribution in [3.8, 4) is 5.75 Å². The number of aliphatic carboxylic acids is 1. The van der Waals surface area contributed by atoms with Gasteiger partial charge in [0, 0.05) is 37.3 Å². The number of carboxylic acids is 1. The number of nitrogens with zero attached hydrogens (tertiary/aromatic N) is 6. The lowest BCUT2D eigenvalue weighted by Gasteiger charge is -2.18. The molecule has 5 heterocycles. The Labute approximate surface area is 212 Å². The quantitative estimate of drug-likeness (QED) is 0.333. The van der Waals surface area contributed by atoms with Crippen LogP contribution in [0.3, 0.4) is 0 Å². The largest absolute Gasteiger partial charge is 0.493 e. The van der Waals surface area contributed by atoms with Gasteiger partial charge >= 0.3 is 5.97 Å². The third-order valence-electron chi connectivity index (χ3n) is 6.80. The number of rotatable bonds is 8. The van der Waals surface area contributed by atoms with Crippen LogP contribution in [-0.4, -0.2) is 53.8 Å². The van der Waals surface area contributed by atoms with E-state index in [-0.39, 0.29) is 6.42 Å². The number of pyridine rings is 2. The fraction of sp³-hybridized carbons (Fsp3) is 0.296. The maximum Gasteiger partial charge on any atom is 0.305 e. The maximum absolute atomic E-state index is 11.8. The minimum absolute atomic E-state index is 0.122. The molecule has 1 unspecified atom stereocenters. The number of fused-ring (bicyclic) bond motifs is 3. The van der Waals surface area contributed by atoms with E-state index in [1.807, 2.05) is 37.4 Å². The zero-order valence-corrected chi connectivity index (χ0v) is 20.5. The molecule has 6 rings (SSSR count). The van der Waals surface area contributed by atoms with E-state index < -0.39 is 12.0 Å². The smallest absolute Gasteiger partial charge is 0.305 e. The third kappa shape index (κ3) is 4.57. The molecule has 1 aromatic carbocycles. The number of anilines is 1. The van der Waals surface area contributed by atoms with Crippen LogP contribution < -0.4 is 10.1 Å². The highest BCUT2D eigenvalue weighted by Gasteiger charge is 2.22. The molecular weight excluding hydrogens is 470 g/mol. The van der Waals surface area contributed by atoms with Crippen molar-refractivity contribution in [3.05, 3.63) is 71.9 Å². The van der Waals surface area contributed by atoms with Gasteiger partial charge in [0.2, 0.25) is 0 Å².